The SMILES string of the molecule is CCCNc1cc(COC)nc(COCC(F)(F)F)n1. The molecule has 5 nitrogen and oxygen atoms in total. The predicted molar refractivity (Wildman–Crippen MR) is 67.2 cm³/mol. The summed E-state index contributed by atoms with van der Waals surface area (Å²) in [4.78, 5) is 8.18. The standard InChI is InChI=1S/C12H18F3N3O2/c1-3-4-16-10-5-9(6-19-2)17-11(18-10)7-20-8-12(13,14)15/h5H,3-4,6-8H2,1-2H3,(H,16,17,18). The van der Waals surface area contributed by atoms with Gasteiger partial charge in [0, 0.05) is 19.7 Å². The number of nitrogens with one attached hydrogen (secondary N) is 1. The second kappa shape index (κ2) is 8.01. The number of methoxy groups -OCH3 is 1. The second-order valence-electron chi connectivity index (χ2n) is 4.13. The van der Waals surface area contributed by atoms with Gasteiger partial charge in [0.05, 0.1) is 12.3 Å². The first-order chi connectivity index (χ1) is 9.44. The molecule has 0 spiro atoms. The molecular weight excluding hydrogens is 275 g/mol. The van der Waals surface area contributed by atoms with Crippen molar-refractivity contribution in [1.82, 2.24) is 9.97 Å². The van der Waals surface area contributed by atoms with Gasteiger partial charge in [-0.2, -0.15) is 13.2 Å². The Morgan fingerprint density at radius 3 is 2.60 bits per heavy atom. The van der Waals surface area contributed by atoms with Crippen molar-refractivity contribution in [3.8, 4) is 0 Å². The molecule has 1 aromatic heterocycles. The summed E-state index contributed by atoms with van der Waals surface area (Å²) in [5.74, 6) is 0.752. The monoisotopic (exact) mass is 293 g/mol. The molecule has 114 valence electrons. The molecule has 0 aliphatic carbocycles. The number of hydrogen-bond acceptors (Lipinski definition) is 5. The van der Waals surface area contributed by atoms with Gasteiger partial charge in [-0.25, -0.2) is 9.97 Å². The molecule has 0 aromatic carbocycles. The first kappa shape index (κ1) is 16.6. The van der Waals surface area contributed by atoms with E-state index < -0.39 is 12.8 Å². The number of aromatic nitrogens is 2. The minimum Gasteiger partial charge on any atom is -0.378 e. The molecule has 0 atom stereocenters. The van der Waals surface area contributed by atoms with Gasteiger partial charge in [-0.05, 0) is 6.42 Å². The lowest BCUT2D eigenvalue weighted by Gasteiger charge is -2.10. The summed E-state index contributed by atoms with van der Waals surface area (Å²) >= 11 is 0. The van der Waals surface area contributed by atoms with Crippen molar-refractivity contribution in [2.24, 2.45) is 0 Å². The van der Waals surface area contributed by atoms with E-state index in [-0.39, 0.29) is 19.0 Å². The summed E-state index contributed by atoms with van der Waals surface area (Å²) in [5.41, 5.74) is 0.590. The Hall–Kier alpha value is -1.41. The Balaban J connectivity index is 2.69. The van der Waals surface area contributed by atoms with Crippen LogP contribution in [0, 0.1) is 0 Å². The Bertz CT molecular complexity index is 413. The quantitative estimate of drug-likeness (QED) is 0.798. The van der Waals surface area contributed by atoms with Gasteiger partial charge in [0.15, 0.2) is 5.82 Å². The molecule has 0 amide bonds. The number of nitrogens with zero attached hydrogens (tertiary/aromatic N) is 2. The fraction of sp³-hybridized carbons (Fsp3) is 0.667. The van der Waals surface area contributed by atoms with E-state index in [1.807, 2.05) is 6.92 Å². The van der Waals surface area contributed by atoms with Crippen LogP contribution in [0.25, 0.3) is 0 Å². The van der Waals surface area contributed by atoms with Crippen LogP contribution in [-0.2, 0) is 22.7 Å². The minimum absolute atomic E-state index is 0.197. The van der Waals surface area contributed by atoms with Crippen LogP contribution >= 0.6 is 0 Å². The molecule has 0 saturated carbocycles. The van der Waals surface area contributed by atoms with Crippen LogP contribution in [0.5, 0.6) is 0 Å². The summed E-state index contributed by atoms with van der Waals surface area (Å²) in [6.07, 6.45) is -3.45. The lowest BCUT2D eigenvalue weighted by atomic mass is 10.3. The highest BCUT2D eigenvalue weighted by atomic mass is 19.4. The normalized spacial score (nSPS) is 11.7. The van der Waals surface area contributed by atoms with Crippen molar-refractivity contribution in [3.63, 3.8) is 0 Å². The third-order valence-electron chi connectivity index (χ3n) is 2.17. The first-order valence-corrected chi connectivity index (χ1v) is 6.18. The lowest BCUT2D eigenvalue weighted by molar-refractivity contribution is -0.177. The molecule has 0 saturated heterocycles. The molecular formula is C12H18F3N3O2. The van der Waals surface area contributed by atoms with Gasteiger partial charge in [-0.15, -0.1) is 0 Å². The van der Waals surface area contributed by atoms with E-state index in [1.165, 1.54) is 7.11 Å². The third-order valence-corrected chi connectivity index (χ3v) is 2.17. The van der Waals surface area contributed by atoms with Crippen LogP contribution < -0.4 is 5.32 Å². The van der Waals surface area contributed by atoms with Crippen LogP contribution in [0.2, 0.25) is 0 Å². The van der Waals surface area contributed by atoms with Crippen molar-refractivity contribution in [2.75, 3.05) is 25.6 Å². The first-order valence-electron chi connectivity index (χ1n) is 6.18. The van der Waals surface area contributed by atoms with E-state index in [0.717, 1.165) is 6.42 Å². The fourth-order valence-corrected chi connectivity index (χ4v) is 1.44. The molecule has 20 heavy (non-hydrogen) atoms. The predicted octanol–water partition coefficient (Wildman–Crippen LogP) is 2.52. The molecule has 8 heteroatoms. The summed E-state index contributed by atoms with van der Waals surface area (Å²) in [6.45, 7) is 1.36. The smallest absolute Gasteiger partial charge is 0.378 e. The van der Waals surface area contributed by atoms with Gasteiger partial charge in [-0.3, -0.25) is 0 Å². The Kier molecular flexibility index (Phi) is 6.66. The van der Waals surface area contributed by atoms with E-state index in [2.05, 4.69) is 20.0 Å². The zero-order valence-electron chi connectivity index (χ0n) is 11.5. The van der Waals surface area contributed by atoms with E-state index in [0.29, 0.717) is 18.1 Å². The zero-order chi connectivity index (χ0) is 15.0. The van der Waals surface area contributed by atoms with Crippen molar-refractivity contribution in [2.45, 2.75) is 32.7 Å². The Morgan fingerprint density at radius 1 is 1.25 bits per heavy atom. The van der Waals surface area contributed by atoms with Gasteiger partial charge in [-0.1, -0.05) is 6.92 Å². The molecule has 1 heterocycles. The maximum atomic E-state index is 12.0. The molecule has 0 unspecified atom stereocenters. The highest BCUT2D eigenvalue weighted by Crippen LogP contribution is 2.15. The number of halogens is 3. The van der Waals surface area contributed by atoms with Crippen LogP contribution in [0.3, 0.4) is 0 Å². The highest BCUT2D eigenvalue weighted by molar-refractivity contribution is 5.35. The van der Waals surface area contributed by atoms with Gasteiger partial charge in [0.25, 0.3) is 0 Å². The third kappa shape index (κ3) is 6.67. The topological polar surface area (TPSA) is 56.3 Å². The van der Waals surface area contributed by atoms with Crippen molar-refractivity contribution in [3.05, 3.63) is 17.6 Å². The maximum Gasteiger partial charge on any atom is 0.411 e. The molecule has 0 bridgehead atoms. The average molecular weight is 293 g/mol. The number of anilines is 1. The molecule has 1 rings (SSSR count). The average Bonchev–Trinajstić information content (AvgIpc) is 2.35. The van der Waals surface area contributed by atoms with Crippen molar-refractivity contribution >= 4 is 5.82 Å². The number of ether oxygens (including phenoxy) is 2. The maximum absolute atomic E-state index is 12.0. The molecule has 0 aliphatic rings. The van der Waals surface area contributed by atoms with Crippen LogP contribution in [0.1, 0.15) is 24.9 Å². The van der Waals surface area contributed by atoms with Gasteiger partial charge >= 0.3 is 6.18 Å². The molecule has 0 fully saturated rings. The lowest BCUT2D eigenvalue weighted by Crippen LogP contribution is -2.17. The fourth-order valence-electron chi connectivity index (χ4n) is 1.44. The van der Waals surface area contributed by atoms with Crippen LogP contribution in [-0.4, -0.2) is 36.4 Å². The second-order valence-corrected chi connectivity index (χ2v) is 4.13. The number of hydrogen-bond donors (Lipinski definition) is 1. The Morgan fingerprint density at radius 2 is 2.00 bits per heavy atom. The summed E-state index contributed by atoms with van der Waals surface area (Å²) in [5, 5.41) is 3.06. The van der Waals surface area contributed by atoms with Gasteiger partial charge in [0.2, 0.25) is 0 Å². The summed E-state index contributed by atoms with van der Waals surface area (Å²) in [7, 11) is 1.51. The Labute approximate surface area is 115 Å². The van der Waals surface area contributed by atoms with Gasteiger partial charge in [0.1, 0.15) is 19.0 Å². The summed E-state index contributed by atoms with van der Waals surface area (Å²) in [6, 6.07) is 1.70. The van der Waals surface area contributed by atoms with E-state index in [9.17, 15) is 13.2 Å². The molecule has 1 N–H and O–H groups in total. The number of rotatable bonds is 8. The van der Waals surface area contributed by atoms with E-state index in [1.54, 1.807) is 6.07 Å². The zero-order valence-corrected chi connectivity index (χ0v) is 11.5. The van der Waals surface area contributed by atoms with Crippen molar-refractivity contribution < 1.29 is 22.6 Å². The summed E-state index contributed by atoms with van der Waals surface area (Å²) < 4.78 is 45.5. The molecule has 1 aromatic rings. The van der Waals surface area contributed by atoms with Crippen molar-refractivity contribution in [1.29, 1.82) is 0 Å². The van der Waals surface area contributed by atoms with E-state index >= 15 is 0 Å². The molecule has 0 radical (unpaired) electrons. The highest BCUT2D eigenvalue weighted by Gasteiger charge is 2.27. The van der Waals surface area contributed by atoms with Crippen LogP contribution in [0.15, 0.2) is 6.07 Å². The van der Waals surface area contributed by atoms with Gasteiger partial charge < -0.3 is 14.8 Å². The largest absolute Gasteiger partial charge is 0.411 e. The molecule has 0 aliphatic heterocycles. The van der Waals surface area contributed by atoms with E-state index in [4.69, 9.17) is 4.74 Å². The van der Waals surface area contributed by atoms with Crippen LogP contribution in [0.4, 0.5) is 19.0 Å². The minimum atomic E-state index is -4.35. The number of alkyl halides is 3.